The van der Waals surface area contributed by atoms with E-state index >= 15 is 0 Å². The fourth-order valence-corrected chi connectivity index (χ4v) is 3.10. The van der Waals surface area contributed by atoms with Gasteiger partial charge in [0.05, 0.1) is 15.7 Å². The van der Waals surface area contributed by atoms with Gasteiger partial charge in [-0.15, -0.1) is 0 Å². The van der Waals surface area contributed by atoms with Crippen molar-refractivity contribution in [3.05, 3.63) is 57.7 Å². The zero-order valence-electron chi connectivity index (χ0n) is 13.9. The Morgan fingerprint density at radius 2 is 1.77 bits per heavy atom. The molecule has 1 aromatic heterocycles. The molecule has 8 heteroatoms. The van der Waals surface area contributed by atoms with Crippen molar-refractivity contribution in [3.63, 3.8) is 0 Å². The molecule has 1 aliphatic rings. The summed E-state index contributed by atoms with van der Waals surface area (Å²) >= 11 is 12.2. The van der Waals surface area contributed by atoms with Crippen LogP contribution in [-0.4, -0.2) is 32.8 Å². The van der Waals surface area contributed by atoms with Gasteiger partial charge in [0.1, 0.15) is 0 Å². The van der Waals surface area contributed by atoms with Gasteiger partial charge >= 0.3 is 11.9 Å². The van der Waals surface area contributed by atoms with E-state index in [1.807, 2.05) is 19.1 Å². The Balaban J connectivity index is 0.000000260. The Morgan fingerprint density at radius 1 is 1.19 bits per heavy atom. The highest BCUT2D eigenvalue weighted by molar-refractivity contribution is 6.42. The Morgan fingerprint density at radius 3 is 2.31 bits per heavy atom. The quantitative estimate of drug-likeness (QED) is 0.585. The maximum Gasteiger partial charge on any atom is 0.328 e. The number of fused-ring (bicyclic) bond motifs is 3. The monoisotopic (exact) mass is 396 g/mol. The largest absolute Gasteiger partial charge is 0.478 e. The molecule has 0 fully saturated rings. The van der Waals surface area contributed by atoms with Crippen LogP contribution in [0.4, 0.5) is 0 Å². The maximum absolute atomic E-state index is 9.55. The van der Waals surface area contributed by atoms with Crippen molar-refractivity contribution in [1.29, 1.82) is 0 Å². The van der Waals surface area contributed by atoms with E-state index in [4.69, 9.17) is 39.1 Å². The van der Waals surface area contributed by atoms with Crippen molar-refractivity contribution in [2.75, 3.05) is 0 Å². The van der Waals surface area contributed by atoms with Gasteiger partial charge in [0.25, 0.3) is 0 Å². The van der Waals surface area contributed by atoms with Crippen LogP contribution in [0, 0.1) is 0 Å². The summed E-state index contributed by atoms with van der Waals surface area (Å²) < 4.78 is 2.20. The Hall–Kier alpha value is -2.28. The molecule has 6 nitrogen and oxygen atoms in total. The summed E-state index contributed by atoms with van der Waals surface area (Å²) in [7, 11) is 0. The second-order valence-corrected chi connectivity index (χ2v) is 6.74. The molecule has 0 bridgehead atoms. The van der Waals surface area contributed by atoms with Crippen LogP contribution in [0.15, 0.2) is 36.5 Å². The molecule has 0 saturated heterocycles. The number of aromatic nitrogens is 1. The lowest BCUT2D eigenvalue weighted by Crippen LogP contribution is -2.22. The number of hydrogen-bond donors (Lipinski definition) is 3. The van der Waals surface area contributed by atoms with Crippen molar-refractivity contribution in [2.45, 2.75) is 25.9 Å². The molecule has 138 valence electrons. The highest BCUT2D eigenvalue weighted by Gasteiger charge is 2.23. The first-order chi connectivity index (χ1) is 12.2. The molecule has 1 unspecified atom stereocenters. The summed E-state index contributed by atoms with van der Waals surface area (Å²) in [4.78, 5) is 19.1. The summed E-state index contributed by atoms with van der Waals surface area (Å²) in [6, 6.07) is 6.21. The molecule has 1 aliphatic carbocycles. The predicted octanol–water partition coefficient (Wildman–Crippen LogP) is 3.43. The van der Waals surface area contributed by atoms with Gasteiger partial charge in [-0.1, -0.05) is 23.2 Å². The zero-order valence-corrected chi connectivity index (χ0v) is 15.5. The molecule has 3 rings (SSSR count). The number of rotatable bonds is 4. The van der Waals surface area contributed by atoms with Crippen LogP contribution < -0.4 is 5.73 Å². The number of benzene rings is 1. The normalized spacial score (nSPS) is 12.9. The van der Waals surface area contributed by atoms with Crippen molar-refractivity contribution in [2.24, 2.45) is 5.73 Å². The second kappa shape index (κ2) is 8.40. The van der Waals surface area contributed by atoms with Gasteiger partial charge in [-0.05, 0) is 36.2 Å². The lowest BCUT2D eigenvalue weighted by molar-refractivity contribution is -0.134. The van der Waals surface area contributed by atoms with Crippen molar-refractivity contribution in [1.82, 2.24) is 4.57 Å². The number of hydrogen-bond acceptors (Lipinski definition) is 3. The number of nitrogens with two attached hydrogens (primary N) is 1. The van der Waals surface area contributed by atoms with Crippen LogP contribution in [0.3, 0.4) is 0 Å². The van der Waals surface area contributed by atoms with Gasteiger partial charge in [0.2, 0.25) is 0 Å². The van der Waals surface area contributed by atoms with Crippen molar-refractivity contribution >= 4 is 35.1 Å². The lowest BCUT2D eigenvalue weighted by atomic mass is 10.1. The van der Waals surface area contributed by atoms with Crippen molar-refractivity contribution < 1.29 is 19.8 Å². The van der Waals surface area contributed by atoms with E-state index in [-0.39, 0.29) is 6.04 Å². The van der Waals surface area contributed by atoms with Gasteiger partial charge < -0.3 is 20.5 Å². The topological polar surface area (TPSA) is 106 Å². The van der Waals surface area contributed by atoms with E-state index in [0.717, 1.165) is 13.0 Å². The second-order valence-electron chi connectivity index (χ2n) is 5.93. The highest BCUT2D eigenvalue weighted by Crippen LogP contribution is 2.41. The van der Waals surface area contributed by atoms with E-state index in [1.54, 1.807) is 0 Å². The minimum absolute atomic E-state index is 0.133. The van der Waals surface area contributed by atoms with E-state index in [0.29, 0.717) is 22.2 Å². The Kier molecular flexibility index (Phi) is 6.47. The summed E-state index contributed by atoms with van der Waals surface area (Å²) in [5, 5.41) is 16.9. The molecule has 0 radical (unpaired) electrons. The van der Waals surface area contributed by atoms with Gasteiger partial charge in [-0.2, -0.15) is 0 Å². The number of carbonyl (C=O) groups is 2. The average Bonchev–Trinajstić information content (AvgIpc) is 3.06. The fourth-order valence-electron chi connectivity index (χ4n) is 2.75. The molecule has 0 spiro atoms. The number of carboxylic acid groups (broad SMARTS) is 2. The highest BCUT2D eigenvalue weighted by atomic mass is 35.5. The molecular formula is C18H18Cl2N2O4. The van der Waals surface area contributed by atoms with Crippen LogP contribution in [0.5, 0.6) is 0 Å². The van der Waals surface area contributed by atoms with Crippen LogP contribution in [0.25, 0.3) is 11.3 Å². The zero-order chi connectivity index (χ0) is 19.4. The first kappa shape index (κ1) is 20.0. The lowest BCUT2D eigenvalue weighted by Gasteiger charge is -2.12. The van der Waals surface area contributed by atoms with Crippen LogP contribution in [-0.2, 0) is 22.6 Å². The minimum atomic E-state index is -1.26. The van der Waals surface area contributed by atoms with E-state index in [9.17, 15) is 9.59 Å². The summed E-state index contributed by atoms with van der Waals surface area (Å²) in [5.74, 6) is -2.51. The SMILES string of the molecule is CC(N)Cn1ccc2c1-c1cc(Cl)c(Cl)cc1C2.O=C(O)/C=C/C(=O)O. The van der Waals surface area contributed by atoms with Crippen LogP contribution >= 0.6 is 23.2 Å². The molecule has 1 aromatic carbocycles. The van der Waals surface area contributed by atoms with Crippen LogP contribution in [0.1, 0.15) is 18.1 Å². The van der Waals surface area contributed by atoms with E-state index in [2.05, 4.69) is 16.8 Å². The third kappa shape index (κ3) is 4.88. The van der Waals surface area contributed by atoms with Gasteiger partial charge in [-0.25, -0.2) is 9.59 Å². The third-order valence-electron chi connectivity index (χ3n) is 3.68. The maximum atomic E-state index is 9.55. The first-order valence-corrected chi connectivity index (χ1v) is 8.50. The summed E-state index contributed by atoms with van der Waals surface area (Å²) in [5.41, 5.74) is 10.9. The number of aliphatic carboxylic acids is 2. The molecule has 1 atom stereocenters. The van der Waals surface area contributed by atoms with Gasteiger partial charge in [-0.3, -0.25) is 0 Å². The summed E-state index contributed by atoms with van der Waals surface area (Å²) in [6.07, 6.45) is 4.14. The number of nitrogens with zero attached hydrogens (tertiary/aromatic N) is 1. The molecule has 4 N–H and O–H groups in total. The molecule has 26 heavy (non-hydrogen) atoms. The minimum Gasteiger partial charge on any atom is -0.478 e. The standard InChI is InChI=1S/C14H14Cl2N2.C4H4O4/c1-8(17)7-18-3-2-9-4-10-5-12(15)13(16)6-11(10)14(9)18;5-3(6)1-2-4(7)8/h2-3,5-6,8H,4,7,17H2,1H3;1-2H,(H,5,6)(H,7,8)/b;2-1+. The van der Waals surface area contributed by atoms with E-state index < -0.39 is 11.9 Å². The number of halogens is 2. The Labute approximate surface area is 160 Å². The molecule has 0 aliphatic heterocycles. The third-order valence-corrected chi connectivity index (χ3v) is 4.40. The molecule has 0 saturated carbocycles. The van der Waals surface area contributed by atoms with Gasteiger partial charge in [0, 0.05) is 42.9 Å². The molecule has 2 aromatic rings. The smallest absolute Gasteiger partial charge is 0.328 e. The molecule has 1 heterocycles. The number of carboxylic acids is 2. The van der Waals surface area contributed by atoms with Gasteiger partial charge in [0.15, 0.2) is 0 Å². The summed E-state index contributed by atoms with van der Waals surface area (Å²) in [6.45, 7) is 2.83. The predicted molar refractivity (Wildman–Crippen MR) is 101 cm³/mol. The van der Waals surface area contributed by atoms with Crippen molar-refractivity contribution in [3.8, 4) is 11.3 Å². The first-order valence-electron chi connectivity index (χ1n) is 7.74. The van der Waals surface area contributed by atoms with E-state index in [1.165, 1.54) is 22.4 Å². The fraction of sp³-hybridized carbons (Fsp3) is 0.222. The Bertz CT molecular complexity index is 856. The molecular weight excluding hydrogens is 379 g/mol. The van der Waals surface area contributed by atoms with Crippen LogP contribution in [0.2, 0.25) is 10.0 Å². The molecule has 0 amide bonds. The average molecular weight is 397 g/mol.